The number of nitriles is 1. The van der Waals surface area contributed by atoms with E-state index in [4.69, 9.17) is 10.00 Å². The normalized spacial score (nSPS) is 17.3. The molecular formula is C29H43N5O2. The second-order valence-electron chi connectivity index (χ2n) is 9.13. The summed E-state index contributed by atoms with van der Waals surface area (Å²) in [6.45, 7) is 12.6. The lowest BCUT2D eigenvalue weighted by atomic mass is 9.95. The highest BCUT2D eigenvalue weighted by molar-refractivity contribution is 5.94. The Balaban J connectivity index is 0.000000238. The number of nitrogens with one attached hydrogen (secondary N) is 1. The van der Waals surface area contributed by atoms with Gasteiger partial charge in [-0.05, 0) is 49.7 Å². The Morgan fingerprint density at radius 1 is 1.11 bits per heavy atom. The van der Waals surface area contributed by atoms with Crippen LogP contribution in [0.1, 0.15) is 75.8 Å². The van der Waals surface area contributed by atoms with Crippen molar-refractivity contribution in [3.8, 4) is 11.8 Å². The number of amides is 1. The van der Waals surface area contributed by atoms with Gasteiger partial charge in [-0.1, -0.05) is 40.0 Å². The van der Waals surface area contributed by atoms with Gasteiger partial charge in [0.2, 0.25) is 0 Å². The topological polar surface area (TPSA) is 81.5 Å². The van der Waals surface area contributed by atoms with Gasteiger partial charge >= 0.3 is 0 Å². The molecule has 0 spiro atoms. The van der Waals surface area contributed by atoms with Crippen molar-refractivity contribution in [2.75, 3.05) is 44.2 Å². The number of likely N-dealkylation sites (N-methyl/N-ethyl adjacent to an activating group) is 1. The molecule has 1 saturated carbocycles. The SMILES string of the molecule is CC.CCN1CCN(c2nccc3c2CCO3)CC1.N#Cc1ccc(C(=O)NC2CCCCC2)cc1.[HH]. The number of pyridine rings is 1. The minimum absolute atomic E-state index is 0. The number of anilines is 1. The Hall–Kier alpha value is -3.11. The molecule has 36 heavy (non-hydrogen) atoms. The Morgan fingerprint density at radius 3 is 2.44 bits per heavy atom. The summed E-state index contributed by atoms with van der Waals surface area (Å²) in [4.78, 5) is 21.4. The first kappa shape index (κ1) is 27.5. The van der Waals surface area contributed by atoms with Gasteiger partial charge in [0.05, 0.1) is 18.2 Å². The molecule has 1 aromatic carbocycles. The second kappa shape index (κ2) is 14.4. The van der Waals surface area contributed by atoms with E-state index in [0.29, 0.717) is 17.2 Å². The van der Waals surface area contributed by atoms with Gasteiger partial charge in [0.1, 0.15) is 11.6 Å². The largest absolute Gasteiger partial charge is 0.493 e. The molecule has 3 aliphatic rings. The van der Waals surface area contributed by atoms with Crippen LogP contribution in [0.3, 0.4) is 0 Å². The summed E-state index contributed by atoms with van der Waals surface area (Å²) >= 11 is 0. The third kappa shape index (κ3) is 7.44. The van der Waals surface area contributed by atoms with Crippen LogP contribution in [0.25, 0.3) is 0 Å². The summed E-state index contributed by atoms with van der Waals surface area (Å²) in [6.07, 6.45) is 8.74. The van der Waals surface area contributed by atoms with Gasteiger partial charge in [-0.2, -0.15) is 5.26 Å². The summed E-state index contributed by atoms with van der Waals surface area (Å²) < 4.78 is 5.60. The first-order chi connectivity index (χ1) is 17.7. The highest BCUT2D eigenvalue weighted by Crippen LogP contribution is 2.32. The highest BCUT2D eigenvalue weighted by Gasteiger charge is 2.23. The second-order valence-corrected chi connectivity index (χ2v) is 9.13. The van der Waals surface area contributed by atoms with Crippen LogP contribution < -0.4 is 15.0 Å². The maximum atomic E-state index is 11.9. The molecule has 1 aromatic heterocycles. The van der Waals surface area contributed by atoms with Crippen LogP contribution in [0.2, 0.25) is 0 Å². The van der Waals surface area contributed by atoms with E-state index < -0.39 is 0 Å². The molecular weight excluding hydrogens is 450 g/mol. The van der Waals surface area contributed by atoms with E-state index in [-0.39, 0.29) is 7.33 Å². The van der Waals surface area contributed by atoms with Crippen molar-refractivity contribution in [3.63, 3.8) is 0 Å². The van der Waals surface area contributed by atoms with Crippen LogP contribution >= 0.6 is 0 Å². The summed E-state index contributed by atoms with van der Waals surface area (Å²) in [6, 6.07) is 11.1. The van der Waals surface area contributed by atoms with Crippen LogP contribution in [0.4, 0.5) is 5.82 Å². The lowest BCUT2D eigenvalue weighted by Crippen LogP contribution is -2.46. The van der Waals surface area contributed by atoms with Crippen molar-refractivity contribution in [1.29, 1.82) is 5.26 Å². The minimum Gasteiger partial charge on any atom is -0.493 e. The molecule has 1 aliphatic carbocycles. The van der Waals surface area contributed by atoms with Crippen LogP contribution in [0.5, 0.6) is 5.75 Å². The summed E-state index contributed by atoms with van der Waals surface area (Å²) in [5.74, 6) is 2.16. The zero-order valence-corrected chi connectivity index (χ0v) is 22.1. The summed E-state index contributed by atoms with van der Waals surface area (Å²) in [5.41, 5.74) is 2.52. The van der Waals surface area contributed by atoms with E-state index in [1.165, 1.54) is 24.8 Å². The maximum Gasteiger partial charge on any atom is 0.251 e. The number of aromatic nitrogens is 1. The van der Waals surface area contributed by atoms with Crippen molar-refractivity contribution < 1.29 is 11.0 Å². The molecule has 2 aliphatic heterocycles. The average Bonchev–Trinajstić information content (AvgIpc) is 3.44. The number of fused-ring (bicyclic) bond motifs is 1. The van der Waals surface area contributed by atoms with Crippen molar-refractivity contribution in [3.05, 3.63) is 53.2 Å². The Morgan fingerprint density at radius 2 is 1.81 bits per heavy atom. The molecule has 7 nitrogen and oxygen atoms in total. The van der Waals surface area contributed by atoms with Gasteiger partial charge < -0.3 is 19.9 Å². The van der Waals surface area contributed by atoms with Crippen LogP contribution in [-0.4, -0.2) is 61.2 Å². The van der Waals surface area contributed by atoms with Gasteiger partial charge in [0, 0.05) is 57.4 Å². The highest BCUT2D eigenvalue weighted by atomic mass is 16.5. The van der Waals surface area contributed by atoms with Crippen LogP contribution in [-0.2, 0) is 6.42 Å². The predicted molar refractivity (Wildman–Crippen MR) is 147 cm³/mol. The third-order valence-electron chi connectivity index (χ3n) is 6.94. The lowest BCUT2D eigenvalue weighted by Gasteiger charge is -2.35. The van der Waals surface area contributed by atoms with Gasteiger partial charge in [-0.3, -0.25) is 4.79 Å². The van der Waals surface area contributed by atoms with E-state index in [9.17, 15) is 4.79 Å². The molecule has 3 heterocycles. The molecule has 7 heteroatoms. The summed E-state index contributed by atoms with van der Waals surface area (Å²) in [7, 11) is 0. The van der Waals surface area contributed by atoms with E-state index in [2.05, 4.69) is 27.0 Å². The Labute approximate surface area is 217 Å². The number of nitrogens with zero attached hydrogens (tertiary/aromatic N) is 4. The standard InChI is InChI=1S/C14H16N2O.C13H19N3O.C2H6.H2/c15-10-11-6-8-12(9-7-11)14(17)16-13-4-2-1-3-5-13;1-2-15-6-8-16(9-7-15)13-11-4-10-17-12(11)3-5-14-13;1-2;/h6-9,13H,1-5H2,(H,16,17);3,5H,2,4,6-10H2,1H3;1-2H3;1H. The van der Waals surface area contributed by atoms with Crippen LogP contribution in [0.15, 0.2) is 36.5 Å². The zero-order chi connectivity index (χ0) is 25.8. The fourth-order valence-corrected chi connectivity index (χ4v) is 4.86. The molecule has 1 saturated heterocycles. The molecule has 2 fully saturated rings. The maximum absolute atomic E-state index is 11.9. The number of hydrogen-bond acceptors (Lipinski definition) is 6. The van der Waals surface area contributed by atoms with Crippen molar-refractivity contribution in [2.24, 2.45) is 0 Å². The monoisotopic (exact) mass is 493 g/mol. The minimum atomic E-state index is -0.0265. The van der Waals surface area contributed by atoms with Crippen molar-refractivity contribution in [2.45, 2.75) is 65.3 Å². The number of carbonyl (C=O) groups excluding carboxylic acids is 1. The number of ether oxygens (including phenoxy) is 1. The lowest BCUT2D eigenvalue weighted by molar-refractivity contribution is 0.0927. The number of rotatable bonds is 4. The zero-order valence-electron chi connectivity index (χ0n) is 22.1. The molecule has 1 amide bonds. The van der Waals surface area contributed by atoms with Crippen molar-refractivity contribution in [1.82, 2.24) is 15.2 Å². The quantitative estimate of drug-likeness (QED) is 0.642. The average molecular weight is 494 g/mol. The third-order valence-corrected chi connectivity index (χ3v) is 6.94. The Bertz CT molecular complexity index is 994. The van der Waals surface area contributed by atoms with Gasteiger partial charge in [-0.25, -0.2) is 4.98 Å². The van der Waals surface area contributed by atoms with E-state index in [1.807, 2.05) is 32.2 Å². The molecule has 0 bridgehead atoms. The van der Waals surface area contributed by atoms with E-state index in [0.717, 1.165) is 70.2 Å². The van der Waals surface area contributed by atoms with Gasteiger partial charge in [0.15, 0.2) is 0 Å². The number of piperazine rings is 1. The fraction of sp³-hybridized carbons (Fsp3) is 0.552. The molecule has 1 N–H and O–H groups in total. The van der Waals surface area contributed by atoms with Crippen LogP contribution in [0, 0.1) is 11.3 Å². The molecule has 0 unspecified atom stereocenters. The number of benzene rings is 1. The molecule has 196 valence electrons. The molecule has 0 radical (unpaired) electrons. The first-order valence-corrected chi connectivity index (χ1v) is 13.6. The van der Waals surface area contributed by atoms with Gasteiger partial charge in [0.25, 0.3) is 5.91 Å². The van der Waals surface area contributed by atoms with E-state index in [1.54, 1.807) is 24.3 Å². The fourth-order valence-electron chi connectivity index (χ4n) is 4.86. The molecule has 0 atom stereocenters. The molecule has 5 rings (SSSR count). The first-order valence-electron chi connectivity index (χ1n) is 13.6. The predicted octanol–water partition coefficient (Wildman–Crippen LogP) is 5.05. The van der Waals surface area contributed by atoms with Crippen molar-refractivity contribution >= 4 is 11.7 Å². The summed E-state index contributed by atoms with van der Waals surface area (Å²) in [5, 5.41) is 11.7. The Kier molecular flexibility index (Phi) is 11.0. The smallest absolute Gasteiger partial charge is 0.251 e. The number of carbonyl (C=O) groups is 1. The number of hydrogen-bond donors (Lipinski definition) is 1. The van der Waals surface area contributed by atoms with Gasteiger partial charge in [-0.15, -0.1) is 0 Å². The molecule has 2 aromatic rings. The van der Waals surface area contributed by atoms with E-state index >= 15 is 0 Å².